The Morgan fingerprint density at radius 3 is 1.00 bits per heavy atom. The van der Waals surface area contributed by atoms with E-state index in [9.17, 15) is 12.6 Å². The summed E-state index contributed by atoms with van der Waals surface area (Å²) < 4.78 is 42.1. The molecule has 0 spiro atoms. The predicted octanol–water partition coefficient (Wildman–Crippen LogP) is 1.30. The van der Waals surface area contributed by atoms with Crippen molar-refractivity contribution in [3.8, 4) is 0 Å². The van der Waals surface area contributed by atoms with Crippen LogP contribution in [-0.2, 0) is 14.3 Å². The summed E-state index contributed by atoms with van der Waals surface area (Å²) in [6.45, 7) is 0. The van der Waals surface area contributed by atoms with Crippen LogP contribution in [0.3, 0.4) is 0 Å². The zero-order valence-corrected chi connectivity index (χ0v) is 6.05. The Kier molecular flexibility index (Phi) is 1.39. The van der Waals surface area contributed by atoms with Crippen LogP contribution in [0, 0.1) is 0 Å². The predicted molar refractivity (Wildman–Crippen MR) is 10.2 cm³/mol. The third-order valence-electron chi connectivity index (χ3n) is 0. The van der Waals surface area contributed by atoms with Gasteiger partial charge in [-0.25, -0.2) is 0 Å². The third-order valence-corrected chi connectivity index (χ3v) is 0. The van der Waals surface area contributed by atoms with Crippen molar-refractivity contribution in [1.82, 2.24) is 0 Å². The molecule has 0 aliphatic rings. The topological polar surface area (TPSA) is 0 Å². The quantitative estimate of drug-likeness (QED) is 0.449. The van der Waals surface area contributed by atoms with Crippen LogP contribution in [0.1, 0.15) is 0 Å². The molecule has 0 aliphatic heterocycles. The van der Waals surface area contributed by atoms with Crippen molar-refractivity contribution >= 4 is 12.8 Å². The molecule has 0 saturated carbocycles. The average Bonchev–Trinajstić information content (AvgIpc) is 0.650. The van der Waals surface area contributed by atoms with Crippen molar-refractivity contribution in [1.29, 1.82) is 0 Å². The van der Waals surface area contributed by atoms with Gasteiger partial charge in [-0.1, -0.05) is 0 Å². The molecule has 40 valence electrons. The summed E-state index contributed by atoms with van der Waals surface area (Å²) in [7, 11) is 0. The molecule has 0 unspecified atom stereocenters. The Morgan fingerprint density at radius 2 is 1.00 bits per heavy atom. The number of rotatable bonds is 0. The minimum atomic E-state index is -7.74. The first-order valence-electron chi connectivity index (χ1n) is 0.784. The van der Waals surface area contributed by atoms with Crippen LogP contribution >= 0.6 is 0 Å². The maximum atomic E-state index is 10.5. The average molecular weight is 251 g/mol. The molecule has 0 heterocycles. The Balaban J connectivity index is 4.16. The molecule has 0 aromatic carbocycles. The second-order valence-corrected chi connectivity index (χ2v) is 9.82. The van der Waals surface area contributed by atoms with E-state index in [1.165, 1.54) is 0 Å². The van der Waals surface area contributed by atoms with E-state index < -0.39 is 14.3 Å². The van der Waals surface area contributed by atoms with E-state index in [2.05, 4.69) is 0 Å². The maximum absolute atomic E-state index is 10.5. The molecule has 0 aromatic heterocycles. The molecule has 0 fully saturated rings. The molecule has 0 atom stereocenters. The Bertz CT molecular complexity index is 85.2. The van der Waals surface area contributed by atoms with Crippen LogP contribution in [0.2, 0.25) is 0 Å². The van der Waals surface area contributed by atoms with E-state index in [0.29, 0.717) is 12.8 Å². The van der Waals surface area contributed by atoms with Crippen LogP contribution in [0.15, 0.2) is 0 Å². The van der Waals surface area contributed by atoms with E-state index >= 15 is 0 Å². The van der Waals surface area contributed by atoms with Gasteiger partial charge in [0, 0.05) is 0 Å². The van der Waals surface area contributed by atoms with Gasteiger partial charge in [0.25, 0.3) is 0 Å². The Labute approximate surface area is 40.0 Å². The summed E-state index contributed by atoms with van der Waals surface area (Å²) >= 11 is -7.16. The fraction of sp³-hybridized carbons (Fsp3) is 0. The van der Waals surface area contributed by atoms with Gasteiger partial charge in [0.1, 0.15) is 0 Å². The normalized spacial score (nSPS) is 19.0. The van der Waals surface area contributed by atoms with E-state index in [1.807, 2.05) is 0 Å². The van der Waals surface area contributed by atoms with Crippen molar-refractivity contribution in [2.75, 3.05) is 0 Å². The van der Waals surface area contributed by atoms with Crippen molar-refractivity contribution < 1.29 is 26.9 Å². The number of hydrogen-bond donors (Lipinski definition) is 0. The molecule has 6 heteroatoms. The van der Waals surface area contributed by atoms with E-state index in [4.69, 9.17) is 0 Å². The zero-order valence-electron chi connectivity index (χ0n) is 2.33. The van der Waals surface area contributed by atoms with Gasteiger partial charge < -0.3 is 0 Å². The Hall–Kier alpha value is 0.928. The molecule has 0 aliphatic carbocycles. The van der Waals surface area contributed by atoms with E-state index in [0.717, 1.165) is 0 Å². The van der Waals surface area contributed by atoms with Crippen LogP contribution < -0.4 is 0 Å². The molecule has 0 bridgehead atoms. The van der Waals surface area contributed by atoms with Crippen molar-refractivity contribution in [3.05, 3.63) is 0 Å². The summed E-state index contributed by atoms with van der Waals surface area (Å²) in [5.41, 5.74) is 0. The summed E-state index contributed by atoms with van der Waals surface area (Å²) in [5, 5.41) is 0. The monoisotopic (exact) mass is 254 g/mol. The second kappa shape index (κ2) is 1.21. The van der Waals surface area contributed by atoms with Crippen molar-refractivity contribution in [2.24, 2.45) is 0 Å². The molecular formula is F4MoSe. The van der Waals surface area contributed by atoms with Gasteiger partial charge in [0.15, 0.2) is 0 Å². The molecule has 0 amide bonds. The molecular weight excluding hydrogens is 251 g/mol. The van der Waals surface area contributed by atoms with Gasteiger partial charge >= 0.3 is 39.7 Å². The summed E-state index contributed by atoms with van der Waals surface area (Å²) in [6.07, 6.45) is 0. The molecule has 0 nitrogen and oxygen atoms in total. The van der Waals surface area contributed by atoms with Gasteiger partial charge in [-0.2, -0.15) is 0 Å². The number of halogens is 4. The summed E-state index contributed by atoms with van der Waals surface area (Å²) in [5.74, 6) is 0. The van der Waals surface area contributed by atoms with Gasteiger partial charge in [-0.05, 0) is 0 Å². The fourth-order valence-electron chi connectivity index (χ4n) is 0. The van der Waals surface area contributed by atoms with E-state index in [1.54, 1.807) is 0 Å². The SMILES string of the molecule is [F][Mo]([F])([F])([F])=[Se]. The number of hydrogen-bond acceptors (Lipinski definition) is 0. The second-order valence-electron chi connectivity index (χ2n) is 0.602. The minimum absolute atomic E-state index is 0.583. The van der Waals surface area contributed by atoms with E-state index in [-0.39, 0.29) is 0 Å². The van der Waals surface area contributed by atoms with Gasteiger partial charge in [-0.15, -0.1) is 0 Å². The molecule has 0 rings (SSSR count). The molecule has 0 aromatic rings. The molecule has 0 radical (unpaired) electrons. The van der Waals surface area contributed by atoms with Crippen LogP contribution in [0.25, 0.3) is 0 Å². The molecule has 0 saturated heterocycles. The molecule has 6 heavy (non-hydrogen) atoms. The van der Waals surface area contributed by atoms with Crippen LogP contribution in [0.5, 0.6) is 0 Å². The molecule has 0 N–H and O–H groups in total. The van der Waals surface area contributed by atoms with Crippen molar-refractivity contribution in [3.63, 3.8) is 0 Å². The Morgan fingerprint density at radius 1 is 1.00 bits per heavy atom. The standard InChI is InChI=1S/4FH.Mo.Se/h4*1H;;/q;;;;+4;/p-4. The van der Waals surface area contributed by atoms with Crippen molar-refractivity contribution in [2.45, 2.75) is 0 Å². The first-order valence-corrected chi connectivity index (χ1v) is 8.77. The summed E-state index contributed by atoms with van der Waals surface area (Å²) in [6, 6.07) is 0. The van der Waals surface area contributed by atoms with Gasteiger partial charge in [0.2, 0.25) is 0 Å². The summed E-state index contributed by atoms with van der Waals surface area (Å²) in [4.78, 5) is 0. The first-order chi connectivity index (χ1) is 2.24. The van der Waals surface area contributed by atoms with Gasteiger partial charge in [-0.3, -0.25) is 0 Å². The zero-order chi connectivity index (χ0) is 5.45. The first kappa shape index (κ1) is 6.93. The third kappa shape index (κ3) is 88.3. The fourth-order valence-corrected chi connectivity index (χ4v) is 0. The van der Waals surface area contributed by atoms with Crippen LogP contribution in [-0.4, -0.2) is 12.8 Å². The van der Waals surface area contributed by atoms with Gasteiger partial charge in [0.05, 0.1) is 0 Å². The van der Waals surface area contributed by atoms with Crippen LogP contribution in [0.4, 0.5) is 12.6 Å².